The van der Waals surface area contributed by atoms with Crippen LogP contribution in [0.4, 0.5) is 5.69 Å². The summed E-state index contributed by atoms with van der Waals surface area (Å²) in [5.41, 5.74) is 1.87. The minimum Gasteiger partial charge on any atom is -0.385 e. The van der Waals surface area contributed by atoms with Gasteiger partial charge in [-0.15, -0.1) is 0 Å². The van der Waals surface area contributed by atoms with E-state index in [2.05, 4.69) is 17.1 Å². The third-order valence-corrected chi connectivity index (χ3v) is 4.18. The van der Waals surface area contributed by atoms with Gasteiger partial charge in [0.15, 0.2) is 0 Å². The van der Waals surface area contributed by atoms with E-state index in [1.165, 1.54) is 12.8 Å². The van der Waals surface area contributed by atoms with E-state index in [0.717, 1.165) is 50.0 Å². The van der Waals surface area contributed by atoms with Crippen LogP contribution in [0, 0.1) is 0 Å². The van der Waals surface area contributed by atoms with Gasteiger partial charge in [-0.3, -0.25) is 9.69 Å². The highest BCUT2D eigenvalue weighted by molar-refractivity contribution is 5.94. The second-order valence-electron chi connectivity index (χ2n) is 5.67. The maximum absolute atomic E-state index is 12.4. The number of nitrogens with zero attached hydrogens (tertiary/aromatic N) is 2. The molecule has 1 saturated carbocycles. The summed E-state index contributed by atoms with van der Waals surface area (Å²) in [5, 5.41) is 3.25. The lowest BCUT2D eigenvalue weighted by atomic mass is 10.1. The molecule has 108 valence electrons. The Bertz CT molecular complexity index is 459. The summed E-state index contributed by atoms with van der Waals surface area (Å²) >= 11 is 0. The average Bonchev–Trinajstić information content (AvgIpc) is 3.33. The Hall–Kier alpha value is -1.55. The maximum Gasteiger partial charge on any atom is 0.253 e. The smallest absolute Gasteiger partial charge is 0.253 e. The molecule has 1 aliphatic carbocycles. The number of carbonyl (C=O) groups excluding carboxylic acids is 1. The minimum atomic E-state index is 0.170. The summed E-state index contributed by atoms with van der Waals surface area (Å²) in [6, 6.07) is 8.63. The fraction of sp³-hybridized carbons (Fsp3) is 0.562. The second-order valence-corrected chi connectivity index (χ2v) is 5.67. The molecule has 4 nitrogen and oxygen atoms in total. The highest BCUT2D eigenvalue weighted by Gasteiger charge is 2.32. The van der Waals surface area contributed by atoms with Crippen LogP contribution in [0.2, 0.25) is 0 Å². The van der Waals surface area contributed by atoms with Crippen LogP contribution < -0.4 is 5.32 Å². The predicted octanol–water partition coefficient (Wildman–Crippen LogP) is 2.04. The van der Waals surface area contributed by atoms with Crippen LogP contribution in [0.5, 0.6) is 0 Å². The fourth-order valence-corrected chi connectivity index (χ4v) is 2.85. The number of anilines is 1. The molecule has 0 spiro atoms. The van der Waals surface area contributed by atoms with Gasteiger partial charge in [-0.2, -0.15) is 0 Å². The molecule has 1 amide bonds. The molecule has 2 aliphatic rings. The van der Waals surface area contributed by atoms with E-state index >= 15 is 0 Å². The van der Waals surface area contributed by atoms with E-state index < -0.39 is 0 Å². The molecule has 1 aromatic rings. The molecule has 1 aliphatic heterocycles. The Morgan fingerprint density at radius 3 is 2.35 bits per heavy atom. The number of nitrogens with one attached hydrogen (secondary N) is 1. The summed E-state index contributed by atoms with van der Waals surface area (Å²) in [5.74, 6) is 0.170. The minimum absolute atomic E-state index is 0.170. The fourth-order valence-electron chi connectivity index (χ4n) is 2.85. The number of carbonyl (C=O) groups is 1. The normalized spacial score (nSPS) is 19.9. The summed E-state index contributed by atoms with van der Waals surface area (Å²) in [6.45, 7) is 6.77. The average molecular weight is 273 g/mol. The first-order chi connectivity index (χ1) is 9.78. The Morgan fingerprint density at radius 1 is 1.15 bits per heavy atom. The highest BCUT2D eigenvalue weighted by Crippen LogP contribution is 2.27. The molecule has 0 bridgehead atoms. The molecule has 0 atom stereocenters. The third-order valence-electron chi connectivity index (χ3n) is 4.18. The van der Waals surface area contributed by atoms with Crippen LogP contribution in [0.1, 0.15) is 30.1 Å². The van der Waals surface area contributed by atoms with Crippen molar-refractivity contribution >= 4 is 11.6 Å². The monoisotopic (exact) mass is 273 g/mol. The van der Waals surface area contributed by atoms with Gasteiger partial charge in [-0.25, -0.2) is 0 Å². The van der Waals surface area contributed by atoms with Crippen LogP contribution in [0.25, 0.3) is 0 Å². The van der Waals surface area contributed by atoms with Gasteiger partial charge in [-0.1, -0.05) is 0 Å². The zero-order chi connectivity index (χ0) is 13.9. The lowest BCUT2D eigenvalue weighted by molar-refractivity contribution is 0.0627. The Morgan fingerprint density at radius 2 is 1.80 bits per heavy atom. The third kappa shape index (κ3) is 2.96. The van der Waals surface area contributed by atoms with E-state index in [4.69, 9.17) is 0 Å². The lowest BCUT2D eigenvalue weighted by Gasteiger charge is -2.34. The Labute approximate surface area is 120 Å². The first-order valence-corrected chi connectivity index (χ1v) is 7.65. The van der Waals surface area contributed by atoms with Crippen molar-refractivity contribution < 1.29 is 4.79 Å². The number of rotatable bonds is 4. The van der Waals surface area contributed by atoms with Gasteiger partial charge in [0, 0.05) is 50.0 Å². The van der Waals surface area contributed by atoms with E-state index in [9.17, 15) is 4.79 Å². The van der Waals surface area contributed by atoms with E-state index in [0.29, 0.717) is 0 Å². The standard InChI is InChI=1S/C16H23N3O/c1-2-17-14-5-3-13(4-6-14)16(20)19-11-9-18(10-12-19)15-7-8-15/h3-6,15,17H,2,7-12H2,1H3. The van der Waals surface area contributed by atoms with E-state index in [-0.39, 0.29) is 5.91 Å². The van der Waals surface area contributed by atoms with Gasteiger partial charge in [0.2, 0.25) is 0 Å². The number of hydrogen-bond acceptors (Lipinski definition) is 3. The van der Waals surface area contributed by atoms with Crippen molar-refractivity contribution in [1.82, 2.24) is 9.80 Å². The van der Waals surface area contributed by atoms with Crippen LogP contribution in [-0.2, 0) is 0 Å². The molecule has 3 rings (SSSR count). The SMILES string of the molecule is CCNc1ccc(C(=O)N2CCN(C3CC3)CC2)cc1. The first kappa shape index (κ1) is 13.4. The maximum atomic E-state index is 12.4. The molecule has 1 N–H and O–H groups in total. The summed E-state index contributed by atoms with van der Waals surface area (Å²) in [7, 11) is 0. The predicted molar refractivity (Wildman–Crippen MR) is 81.1 cm³/mol. The molecule has 0 aromatic heterocycles. The Balaban J connectivity index is 1.58. The van der Waals surface area contributed by atoms with Crippen molar-refractivity contribution in [3.63, 3.8) is 0 Å². The Kier molecular flexibility index (Phi) is 3.92. The zero-order valence-corrected chi connectivity index (χ0v) is 12.1. The van der Waals surface area contributed by atoms with Gasteiger partial charge in [0.25, 0.3) is 5.91 Å². The summed E-state index contributed by atoms with van der Waals surface area (Å²) in [6.07, 6.45) is 2.69. The number of piperazine rings is 1. The van der Waals surface area contributed by atoms with Crippen molar-refractivity contribution in [3.8, 4) is 0 Å². The van der Waals surface area contributed by atoms with Gasteiger partial charge in [-0.05, 0) is 44.0 Å². The van der Waals surface area contributed by atoms with Gasteiger partial charge >= 0.3 is 0 Å². The van der Waals surface area contributed by atoms with E-state index in [1.54, 1.807) is 0 Å². The van der Waals surface area contributed by atoms with Crippen molar-refractivity contribution in [2.45, 2.75) is 25.8 Å². The van der Waals surface area contributed by atoms with Crippen molar-refractivity contribution in [2.24, 2.45) is 0 Å². The second kappa shape index (κ2) is 5.83. The zero-order valence-electron chi connectivity index (χ0n) is 12.1. The molecular formula is C16H23N3O. The van der Waals surface area contributed by atoms with Gasteiger partial charge < -0.3 is 10.2 Å². The van der Waals surface area contributed by atoms with Crippen molar-refractivity contribution in [3.05, 3.63) is 29.8 Å². The quantitative estimate of drug-likeness (QED) is 0.912. The van der Waals surface area contributed by atoms with Crippen molar-refractivity contribution in [2.75, 3.05) is 38.0 Å². The molecule has 0 unspecified atom stereocenters. The van der Waals surface area contributed by atoms with Gasteiger partial charge in [0.1, 0.15) is 0 Å². The molecule has 20 heavy (non-hydrogen) atoms. The highest BCUT2D eigenvalue weighted by atomic mass is 16.2. The molecule has 0 radical (unpaired) electrons. The largest absolute Gasteiger partial charge is 0.385 e. The lowest BCUT2D eigenvalue weighted by Crippen LogP contribution is -2.49. The molecule has 1 heterocycles. The number of hydrogen-bond donors (Lipinski definition) is 1. The molecule has 1 saturated heterocycles. The van der Waals surface area contributed by atoms with E-state index in [1.807, 2.05) is 29.2 Å². The molecule has 1 aromatic carbocycles. The summed E-state index contributed by atoms with van der Waals surface area (Å²) in [4.78, 5) is 17.0. The number of benzene rings is 1. The molecular weight excluding hydrogens is 250 g/mol. The summed E-state index contributed by atoms with van der Waals surface area (Å²) < 4.78 is 0. The molecule has 2 fully saturated rings. The van der Waals surface area contributed by atoms with Crippen LogP contribution in [0.15, 0.2) is 24.3 Å². The van der Waals surface area contributed by atoms with Gasteiger partial charge in [0.05, 0.1) is 0 Å². The van der Waals surface area contributed by atoms with Crippen LogP contribution in [-0.4, -0.2) is 54.5 Å². The van der Waals surface area contributed by atoms with Crippen LogP contribution in [0.3, 0.4) is 0 Å². The number of amides is 1. The molecule has 4 heteroatoms. The topological polar surface area (TPSA) is 35.6 Å². The first-order valence-electron chi connectivity index (χ1n) is 7.65. The van der Waals surface area contributed by atoms with Crippen molar-refractivity contribution in [1.29, 1.82) is 0 Å². The van der Waals surface area contributed by atoms with Crippen LogP contribution >= 0.6 is 0 Å².